The molecule has 1 saturated heterocycles. The minimum Gasteiger partial charge on any atom is -0.383 e. The Morgan fingerprint density at radius 3 is 2.87 bits per heavy atom. The van der Waals surface area contributed by atoms with Gasteiger partial charge < -0.3 is 15.6 Å². The number of aromatic amines is 1. The highest BCUT2D eigenvalue weighted by molar-refractivity contribution is 6.01. The molecule has 5 rings (SSSR count). The van der Waals surface area contributed by atoms with Gasteiger partial charge in [-0.1, -0.05) is 6.07 Å². The lowest BCUT2D eigenvalue weighted by atomic mass is 10.0. The van der Waals surface area contributed by atoms with E-state index in [4.69, 9.17) is 5.73 Å². The zero-order valence-corrected chi connectivity index (χ0v) is 16.3. The zero-order valence-electron chi connectivity index (χ0n) is 16.3. The van der Waals surface area contributed by atoms with E-state index in [2.05, 4.69) is 19.9 Å². The van der Waals surface area contributed by atoms with Crippen molar-refractivity contribution >= 4 is 28.4 Å². The number of pyridine rings is 1. The molecule has 1 aromatic carbocycles. The van der Waals surface area contributed by atoms with Gasteiger partial charge in [-0.2, -0.15) is 0 Å². The monoisotopic (exact) mass is 402 g/mol. The maximum absolute atomic E-state index is 15.1. The number of fused-ring (bicyclic) bond motifs is 1. The second-order valence-corrected chi connectivity index (χ2v) is 7.46. The second-order valence-electron chi connectivity index (χ2n) is 7.46. The number of anilines is 2. The molecule has 1 unspecified atom stereocenters. The molecule has 1 amide bonds. The molecule has 1 aliphatic heterocycles. The largest absolute Gasteiger partial charge is 0.383 e. The molecule has 0 radical (unpaired) electrons. The van der Waals surface area contributed by atoms with E-state index in [0.29, 0.717) is 40.8 Å². The molecule has 0 aliphatic carbocycles. The van der Waals surface area contributed by atoms with E-state index in [1.54, 1.807) is 23.2 Å². The first-order chi connectivity index (χ1) is 14.5. The highest BCUT2D eigenvalue weighted by Crippen LogP contribution is 2.36. The van der Waals surface area contributed by atoms with E-state index >= 15 is 4.39 Å². The van der Waals surface area contributed by atoms with Gasteiger partial charge in [0.2, 0.25) is 5.91 Å². The van der Waals surface area contributed by atoms with Crippen LogP contribution in [0.3, 0.4) is 0 Å². The number of nitrogens with two attached hydrogens (primary N) is 1. The Hall–Kier alpha value is -3.81. The first-order valence-electron chi connectivity index (χ1n) is 9.62. The number of halogens is 1. The van der Waals surface area contributed by atoms with Crippen molar-refractivity contribution in [3.05, 3.63) is 66.1 Å². The second kappa shape index (κ2) is 6.91. The van der Waals surface area contributed by atoms with Gasteiger partial charge in [-0.3, -0.25) is 9.78 Å². The van der Waals surface area contributed by atoms with E-state index in [0.717, 1.165) is 11.4 Å². The number of carbonyl (C=O) groups is 1. The third kappa shape index (κ3) is 2.97. The molecule has 8 heteroatoms. The molecule has 150 valence electrons. The van der Waals surface area contributed by atoms with Crippen LogP contribution in [0, 0.1) is 12.7 Å². The van der Waals surface area contributed by atoms with Crippen LogP contribution in [0.4, 0.5) is 15.9 Å². The molecular formula is C22H19FN6O. The number of H-pyrrole nitrogens is 1. The number of benzene rings is 1. The highest BCUT2D eigenvalue weighted by Gasteiger charge is 2.33. The van der Waals surface area contributed by atoms with Gasteiger partial charge in [0.15, 0.2) is 0 Å². The molecule has 1 fully saturated rings. The van der Waals surface area contributed by atoms with E-state index in [9.17, 15) is 4.79 Å². The van der Waals surface area contributed by atoms with Crippen molar-refractivity contribution < 1.29 is 9.18 Å². The Bertz CT molecular complexity index is 1280. The Kier molecular flexibility index (Phi) is 4.20. The smallest absolute Gasteiger partial charge is 0.227 e. The summed E-state index contributed by atoms with van der Waals surface area (Å²) in [6.07, 6.45) is 3.38. The van der Waals surface area contributed by atoms with Gasteiger partial charge in [0, 0.05) is 53.3 Å². The first-order valence-corrected chi connectivity index (χ1v) is 9.62. The van der Waals surface area contributed by atoms with Gasteiger partial charge in [-0.15, -0.1) is 0 Å². The summed E-state index contributed by atoms with van der Waals surface area (Å²) in [6, 6.07) is 10.6. The van der Waals surface area contributed by atoms with Gasteiger partial charge >= 0.3 is 0 Å². The standard InChI is InChI=1S/C22H19FN6O/c1-12-3-2-4-18(28-12)13-7-19(30)29(10-13)14-5-6-15(17(23)8-14)16-9-25-22-20(16)21(24)26-11-27-22/h2-6,8-9,11,13H,7,10H2,1H3,(H3,24,25,26,27). The van der Waals surface area contributed by atoms with Crippen molar-refractivity contribution in [3.63, 3.8) is 0 Å². The summed E-state index contributed by atoms with van der Waals surface area (Å²) >= 11 is 0. The van der Waals surface area contributed by atoms with Gasteiger partial charge in [-0.25, -0.2) is 14.4 Å². The normalized spacial score (nSPS) is 16.5. The lowest BCUT2D eigenvalue weighted by Gasteiger charge is -2.18. The summed E-state index contributed by atoms with van der Waals surface area (Å²) in [6.45, 7) is 2.40. The average molecular weight is 402 g/mol. The van der Waals surface area contributed by atoms with Crippen molar-refractivity contribution in [1.82, 2.24) is 19.9 Å². The van der Waals surface area contributed by atoms with E-state index < -0.39 is 5.82 Å². The van der Waals surface area contributed by atoms with Crippen molar-refractivity contribution in [2.24, 2.45) is 0 Å². The number of aromatic nitrogens is 4. The summed E-state index contributed by atoms with van der Waals surface area (Å²) in [4.78, 5) is 29.9. The minimum atomic E-state index is -0.443. The number of nitrogens with zero attached hydrogens (tertiary/aromatic N) is 4. The molecule has 0 bridgehead atoms. The molecule has 3 aromatic heterocycles. The van der Waals surface area contributed by atoms with Gasteiger partial charge in [0.25, 0.3) is 0 Å². The summed E-state index contributed by atoms with van der Waals surface area (Å²) in [7, 11) is 0. The Morgan fingerprint density at radius 1 is 1.20 bits per heavy atom. The van der Waals surface area contributed by atoms with Crippen LogP contribution in [-0.4, -0.2) is 32.4 Å². The summed E-state index contributed by atoms with van der Waals surface area (Å²) in [5.74, 6) is -0.213. The summed E-state index contributed by atoms with van der Waals surface area (Å²) in [5, 5.41) is 0.576. The predicted molar refractivity (Wildman–Crippen MR) is 112 cm³/mol. The molecule has 3 N–H and O–H groups in total. The van der Waals surface area contributed by atoms with Crippen LogP contribution >= 0.6 is 0 Å². The number of nitrogen functional groups attached to an aromatic ring is 1. The molecule has 0 spiro atoms. The third-order valence-corrected chi connectivity index (χ3v) is 5.51. The van der Waals surface area contributed by atoms with Crippen molar-refractivity contribution in [1.29, 1.82) is 0 Å². The van der Waals surface area contributed by atoms with Crippen LogP contribution < -0.4 is 10.6 Å². The fraction of sp³-hybridized carbons (Fsp3) is 0.182. The molecule has 0 saturated carbocycles. The van der Waals surface area contributed by atoms with Gasteiger partial charge in [0.1, 0.15) is 23.6 Å². The maximum atomic E-state index is 15.1. The molecular weight excluding hydrogens is 383 g/mol. The molecule has 1 aliphatic rings. The molecule has 4 heterocycles. The zero-order chi connectivity index (χ0) is 20.8. The Labute approximate surface area is 171 Å². The molecule has 1 atom stereocenters. The van der Waals surface area contributed by atoms with Crippen molar-refractivity contribution in [3.8, 4) is 11.1 Å². The quantitative estimate of drug-likeness (QED) is 0.546. The van der Waals surface area contributed by atoms with Crippen LogP contribution in [0.15, 0.2) is 48.9 Å². The fourth-order valence-electron chi connectivity index (χ4n) is 4.04. The number of hydrogen-bond donors (Lipinski definition) is 2. The maximum Gasteiger partial charge on any atom is 0.227 e. The van der Waals surface area contributed by atoms with Crippen LogP contribution in [0.2, 0.25) is 0 Å². The van der Waals surface area contributed by atoms with Gasteiger partial charge in [-0.05, 0) is 37.3 Å². The van der Waals surface area contributed by atoms with Crippen LogP contribution in [0.25, 0.3) is 22.2 Å². The van der Waals surface area contributed by atoms with E-state index in [1.807, 2.05) is 25.1 Å². The van der Waals surface area contributed by atoms with E-state index in [-0.39, 0.29) is 17.6 Å². The number of rotatable bonds is 3. The Morgan fingerprint density at radius 2 is 2.07 bits per heavy atom. The highest BCUT2D eigenvalue weighted by atomic mass is 19.1. The predicted octanol–water partition coefficient (Wildman–Crippen LogP) is 3.57. The van der Waals surface area contributed by atoms with Crippen molar-refractivity contribution in [2.75, 3.05) is 17.2 Å². The number of hydrogen-bond acceptors (Lipinski definition) is 5. The van der Waals surface area contributed by atoms with Crippen LogP contribution in [-0.2, 0) is 4.79 Å². The topological polar surface area (TPSA) is 101 Å². The number of amides is 1. The Balaban J connectivity index is 1.47. The number of carbonyl (C=O) groups excluding carboxylic acids is 1. The SMILES string of the molecule is Cc1cccc(C2CC(=O)N(c3ccc(-c4c[nH]c5ncnc(N)c45)c(F)c3)C2)n1. The molecule has 4 aromatic rings. The fourth-order valence-corrected chi connectivity index (χ4v) is 4.04. The minimum absolute atomic E-state index is 0.00861. The van der Waals surface area contributed by atoms with Crippen LogP contribution in [0.1, 0.15) is 23.7 Å². The lowest BCUT2D eigenvalue weighted by Crippen LogP contribution is -2.24. The number of nitrogens with one attached hydrogen (secondary N) is 1. The summed E-state index contributed by atoms with van der Waals surface area (Å²) < 4.78 is 15.1. The number of aryl methyl sites for hydroxylation is 1. The molecule has 30 heavy (non-hydrogen) atoms. The third-order valence-electron chi connectivity index (χ3n) is 5.51. The lowest BCUT2D eigenvalue weighted by molar-refractivity contribution is -0.117. The average Bonchev–Trinajstić information content (AvgIpc) is 3.33. The van der Waals surface area contributed by atoms with Gasteiger partial charge in [0.05, 0.1) is 5.39 Å². The molecule has 7 nitrogen and oxygen atoms in total. The van der Waals surface area contributed by atoms with Crippen LogP contribution in [0.5, 0.6) is 0 Å². The summed E-state index contributed by atoms with van der Waals surface area (Å²) in [5.41, 5.74) is 9.79. The first kappa shape index (κ1) is 18.2. The van der Waals surface area contributed by atoms with E-state index in [1.165, 1.54) is 12.4 Å². The van der Waals surface area contributed by atoms with Crippen molar-refractivity contribution in [2.45, 2.75) is 19.3 Å².